The van der Waals surface area contributed by atoms with Crippen molar-refractivity contribution in [3.8, 4) is 0 Å². The van der Waals surface area contributed by atoms with Crippen LogP contribution in [-0.2, 0) is 31.1 Å². The number of cyclic esters (lactones) is 2. The van der Waals surface area contributed by atoms with Gasteiger partial charge >= 0.3 is 29.3 Å². The van der Waals surface area contributed by atoms with Gasteiger partial charge in [0, 0.05) is 6.55 Å². The lowest BCUT2D eigenvalue weighted by Gasteiger charge is -2.40. The molecule has 0 radical (unpaired) electrons. The molecule has 0 aromatic heterocycles. The second kappa shape index (κ2) is 7.84. The summed E-state index contributed by atoms with van der Waals surface area (Å²) in [5.41, 5.74) is 0. The molecule has 1 aliphatic rings. The summed E-state index contributed by atoms with van der Waals surface area (Å²) in [6, 6.07) is 0. The van der Waals surface area contributed by atoms with Gasteiger partial charge in [0.2, 0.25) is 0 Å². The van der Waals surface area contributed by atoms with Gasteiger partial charge in [-0.2, -0.15) is 0 Å². The van der Waals surface area contributed by atoms with Crippen LogP contribution in [0, 0.1) is 5.92 Å². The highest BCUT2D eigenvalue weighted by atomic mass is 28.5. The zero-order valence-corrected chi connectivity index (χ0v) is 20.8. The van der Waals surface area contributed by atoms with Crippen LogP contribution in [0.1, 0.15) is 6.42 Å². The first-order valence-electron chi connectivity index (χ1n) is 8.49. The highest BCUT2D eigenvalue weighted by Crippen LogP contribution is 2.26. The van der Waals surface area contributed by atoms with Gasteiger partial charge in [0.05, 0.1) is 18.9 Å². The minimum atomic E-state index is -3.04. The van der Waals surface area contributed by atoms with E-state index >= 15 is 0 Å². The lowest BCUT2D eigenvalue weighted by molar-refractivity contribution is -0.153. The summed E-state index contributed by atoms with van der Waals surface area (Å²) in [4.78, 5) is 22.9. The van der Waals surface area contributed by atoms with Crippen LogP contribution in [-0.4, -0.2) is 52.5 Å². The molecule has 0 N–H and O–H groups in total. The number of carbonyl (C=O) groups excluding carboxylic acids is 2. The highest BCUT2D eigenvalue weighted by Gasteiger charge is 2.48. The average molecular weight is 425 g/mol. The number of hydrogen-bond acceptors (Lipinski definition) is 7. The van der Waals surface area contributed by atoms with Gasteiger partial charge < -0.3 is 21.5 Å². The Morgan fingerprint density at radius 3 is 1.80 bits per heavy atom. The van der Waals surface area contributed by atoms with Gasteiger partial charge in [-0.05, 0) is 52.4 Å². The molecule has 25 heavy (non-hydrogen) atoms. The second-order valence-corrected chi connectivity index (χ2v) is 24.5. The maximum absolute atomic E-state index is 11.7. The summed E-state index contributed by atoms with van der Waals surface area (Å²) in [6.45, 7) is 18.4. The summed E-state index contributed by atoms with van der Waals surface area (Å²) >= 11 is 0. The zero-order chi connectivity index (χ0) is 19.7. The van der Waals surface area contributed by atoms with Gasteiger partial charge in [-0.1, -0.05) is 0 Å². The molecular weight excluding hydrogens is 392 g/mol. The van der Waals surface area contributed by atoms with Gasteiger partial charge in [-0.3, -0.25) is 9.59 Å². The Hall–Kier alpha value is -0.152. The molecule has 146 valence electrons. The molecule has 1 saturated heterocycles. The molecule has 1 heterocycles. The smallest absolute Gasteiger partial charge is 0.437 e. The first-order valence-corrected chi connectivity index (χ1v) is 20.4. The van der Waals surface area contributed by atoms with E-state index in [0.717, 1.165) is 0 Å². The first-order chi connectivity index (χ1) is 11.0. The van der Waals surface area contributed by atoms with Crippen molar-refractivity contribution in [2.45, 2.75) is 65.3 Å². The number of ether oxygens (including phenoxy) is 1. The third-order valence-electron chi connectivity index (χ3n) is 2.98. The SMILES string of the molecule is C[Si](C)(C)O[Si](C)(C)O[Si](C)(OCC1CC(=O)OC1=O)O[Si](C)(C)C. The quantitative estimate of drug-likeness (QED) is 0.319. The van der Waals surface area contributed by atoms with Gasteiger partial charge in [0.25, 0.3) is 0 Å². The van der Waals surface area contributed by atoms with E-state index in [1.807, 2.05) is 19.6 Å². The molecule has 2 unspecified atom stereocenters. The maximum Gasteiger partial charge on any atom is 0.478 e. The minimum absolute atomic E-state index is 0.0441. The van der Waals surface area contributed by atoms with Crippen LogP contribution in [0.25, 0.3) is 0 Å². The van der Waals surface area contributed by atoms with Crippen LogP contribution >= 0.6 is 0 Å². The summed E-state index contributed by atoms with van der Waals surface area (Å²) in [5.74, 6) is -1.63. The van der Waals surface area contributed by atoms with Gasteiger partial charge in [-0.25, -0.2) is 0 Å². The Kier molecular flexibility index (Phi) is 7.18. The summed E-state index contributed by atoms with van der Waals surface area (Å²) in [6.07, 6.45) is 0.0441. The number of esters is 2. The van der Waals surface area contributed by atoms with Gasteiger partial charge in [-0.15, -0.1) is 0 Å². The van der Waals surface area contributed by atoms with Crippen LogP contribution in [0.4, 0.5) is 0 Å². The number of rotatable bonds is 9. The van der Waals surface area contributed by atoms with Crippen molar-refractivity contribution in [3.05, 3.63) is 0 Å². The molecule has 0 bridgehead atoms. The van der Waals surface area contributed by atoms with E-state index in [9.17, 15) is 9.59 Å². The molecule has 0 aromatic rings. The largest absolute Gasteiger partial charge is 0.478 e. The second-order valence-electron chi connectivity index (χ2n) is 8.80. The monoisotopic (exact) mass is 424 g/mol. The molecule has 2 atom stereocenters. The lowest BCUT2D eigenvalue weighted by Crippen LogP contribution is -2.58. The molecule has 1 aliphatic heterocycles. The van der Waals surface area contributed by atoms with Crippen LogP contribution in [0.5, 0.6) is 0 Å². The Morgan fingerprint density at radius 1 is 0.880 bits per heavy atom. The van der Waals surface area contributed by atoms with Crippen LogP contribution in [0.3, 0.4) is 0 Å². The summed E-state index contributed by atoms with van der Waals surface area (Å²) < 4.78 is 29.4. The van der Waals surface area contributed by atoms with E-state index in [1.165, 1.54) is 0 Å². The highest BCUT2D eigenvalue weighted by molar-refractivity contribution is 6.87. The fourth-order valence-electron chi connectivity index (χ4n) is 2.74. The predicted molar refractivity (Wildman–Crippen MR) is 104 cm³/mol. The van der Waals surface area contributed by atoms with E-state index in [1.54, 1.807) is 0 Å². The van der Waals surface area contributed by atoms with Crippen molar-refractivity contribution in [2.75, 3.05) is 6.61 Å². The normalized spacial score (nSPS) is 22.0. The van der Waals surface area contributed by atoms with Crippen LogP contribution < -0.4 is 0 Å². The molecule has 11 heteroatoms. The van der Waals surface area contributed by atoms with Crippen molar-refractivity contribution in [3.63, 3.8) is 0 Å². The predicted octanol–water partition coefficient (Wildman–Crippen LogP) is 3.08. The maximum atomic E-state index is 11.7. The molecule has 0 aromatic carbocycles. The standard InChI is InChI=1S/C14H32O7Si4/c1-22(2,3)19-24(7,8)21-25(9,20-23(4,5)6)17-11-12-10-13(15)18-14(12)16/h12H,10-11H2,1-9H3. The Labute approximate surface area is 155 Å². The van der Waals surface area contributed by atoms with E-state index in [0.29, 0.717) is 0 Å². The first kappa shape index (κ1) is 22.9. The molecule has 0 amide bonds. The van der Waals surface area contributed by atoms with Crippen molar-refractivity contribution in [2.24, 2.45) is 5.92 Å². The van der Waals surface area contributed by atoms with Gasteiger partial charge in [0.1, 0.15) is 0 Å². The van der Waals surface area contributed by atoms with E-state index in [-0.39, 0.29) is 13.0 Å². The van der Waals surface area contributed by atoms with Crippen LogP contribution in [0.2, 0.25) is 58.9 Å². The molecular formula is C14H32O7Si4. The molecule has 1 rings (SSSR count). The number of carbonyl (C=O) groups is 2. The molecule has 0 saturated carbocycles. The molecule has 7 nitrogen and oxygen atoms in total. The topological polar surface area (TPSA) is 80.3 Å². The number of hydrogen-bond donors (Lipinski definition) is 0. The lowest BCUT2D eigenvalue weighted by atomic mass is 10.1. The van der Waals surface area contributed by atoms with Crippen LogP contribution in [0.15, 0.2) is 0 Å². The van der Waals surface area contributed by atoms with E-state index in [2.05, 4.69) is 44.0 Å². The Bertz CT molecular complexity index is 512. The fourth-order valence-corrected chi connectivity index (χ4v) is 18.7. The zero-order valence-electron chi connectivity index (χ0n) is 16.8. The molecule has 0 spiro atoms. The third-order valence-corrected chi connectivity index (χ3v) is 15.5. The van der Waals surface area contributed by atoms with Crippen molar-refractivity contribution >= 4 is 45.9 Å². The summed E-state index contributed by atoms with van der Waals surface area (Å²) in [5, 5.41) is 0. The Balaban J connectivity index is 2.86. The van der Waals surface area contributed by atoms with E-state index < -0.39 is 51.9 Å². The van der Waals surface area contributed by atoms with Crippen molar-refractivity contribution in [1.82, 2.24) is 0 Å². The summed E-state index contributed by atoms with van der Waals surface area (Å²) in [7, 11) is -9.24. The molecule has 0 aliphatic carbocycles. The molecule has 1 fully saturated rings. The van der Waals surface area contributed by atoms with Gasteiger partial charge in [0.15, 0.2) is 16.6 Å². The fraction of sp³-hybridized carbons (Fsp3) is 0.857. The third kappa shape index (κ3) is 8.86. The van der Waals surface area contributed by atoms with E-state index in [4.69, 9.17) is 16.8 Å². The average Bonchev–Trinajstić information content (AvgIpc) is 2.58. The minimum Gasteiger partial charge on any atom is -0.437 e. The Morgan fingerprint density at radius 2 is 1.40 bits per heavy atom. The van der Waals surface area contributed by atoms with Crippen molar-refractivity contribution in [1.29, 1.82) is 0 Å². The van der Waals surface area contributed by atoms with Crippen molar-refractivity contribution < 1.29 is 31.1 Å².